The number of aromatic carboxylic acids is 1. The Morgan fingerprint density at radius 3 is 2.19 bits per heavy atom. The van der Waals surface area contributed by atoms with Gasteiger partial charge in [-0.05, 0) is 48.4 Å². The van der Waals surface area contributed by atoms with E-state index in [4.69, 9.17) is 5.11 Å². The standard InChI is InChI=1S/C16H15BrN2O2/c1-2-15(11-3-7-13(17)8-4-11)19-18-14-9-5-12(6-10-14)16(20)21/h3-10,18H,2H2,1H3,(H,20,21)/b19-15-. The third-order valence-corrected chi connectivity index (χ3v) is 3.49. The maximum absolute atomic E-state index is 10.8. The number of hydrogen-bond donors (Lipinski definition) is 2. The first kappa shape index (κ1) is 15.3. The minimum absolute atomic E-state index is 0.258. The quantitative estimate of drug-likeness (QED) is 0.624. The number of halogens is 1. The fourth-order valence-corrected chi connectivity index (χ4v) is 2.07. The van der Waals surface area contributed by atoms with Crippen LogP contribution in [0.25, 0.3) is 0 Å². The summed E-state index contributed by atoms with van der Waals surface area (Å²) in [5.74, 6) is -0.936. The summed E-state index contributed by atoms with van der Waals surface area (Å²) in [4.78, 5) is 10.8. The van der Waals surface area contributed by atoms with Crippen LogP contribution < -0.4 is 5.43 Å². The van der Waals surface area contributed by atoms with E-state index in [-0.39, 0.29) is 5.56 Å². The first-order valence-corrected chi connectivity index (χ1v) is 7.31. The first-order valence-electron chi connectivity index (χ1n) is 6.52. The highest BCUT2D eigenvalue weighted by Crippen LogP contribution is 2.14. The van der Waals surface area contributed by atoms with Crippen LogP contribution in [-0.2, 0) is 0 Å². The number of anilines is 1. The van der Waals surface area contributed by atoms with E-state index in [1.807, 2.05) is 31.2 Å². The SMILES string of the molecule is CC/C(=N/Nc1ccc(C(=O)O)cc1)c1ccc(Br)cc1. The molecule has 0 saturated carbocycles. The Morgan fingerprint density at radius 1 is 1.10 bits per heavy atom. The van der Waals surface area contributed by atoms with Gasteiger partial charge in [0.25, 0.3) is 0 Å². The Balaban J connectivity index is 2.13. The molecule has 0 bridgehead atoms. The highest BCUT2D eigenvalue weighted by Gasteiger charge is 2.03. The van der Waals surface area contributed by atoms with Gasteiger partial charge in [-0.1, -0.05) is 35.0 Å². The molecule has 4 nitrogen and oxygen atoms in total. The molecule has 2 N–H and O–H groups in total. The Morgan fingerprint density at radius 2 is 1.67 bits per heavy atom. The van der Waals surface area contributed by atoms with Crippen LogP contribution in [0.15, 0.2) is 58.1 Å². The van der Waals surface area contributed by atoms with Gasteiger partial charge in [0.1, 0.15) is 0 Å². The van der Waals surface area contributed by atoms with Gasteiger partial charge in [0.15, 0.2) is 0 Å². The van der Waals surface area contributed by atoms with Crippen LogP contribution in [0.3, 0.4) is 0 Å². The summed E-state index contributed by atoms with van der Waals surface area (Å²) in [6, 6.07) is 14.4. The molecule has 0 fully saturated rings. The van der Waals surface area contributed by atoms with Crippen LogP contribution in [0, 0.1) is 0 Å². The summed E-state index contributed by atoms with van der Waals surface area (Å²) in [5, 5.41) is 13.2. The van der Waals surface area contributed by atoms with Crippen molar-refractivity contribution in [3.63, 3.8) is 0 Å². The average molecular weight is 347 g/mol. The molecule has 2 aromatic rings. The highest BCUT2D eigenvalue weighted by molar-refractivity contribution is 9.10. The predicted molar refractivity (Wildman–Crippen MR) is 88.0 cm³/mol. The molecule has 0 aromatic heterocycles. The normalized spacial score (nSPS) is 11.2. The lowest BCUT2D eigenvalue weighted by atomic mass is 10.1. The predicted octanol–water partition coefficient (Wildman–Crippen LogP) is 4.37. The van der Waals surface area contributed by atoms with E-state index in [1.165, 1.54) is 0 Å². The minimum atomic E-state index is -0.936. The van der Waals surface area contributed by atoms with Crippen molar-refractivity contribution in [3.05, 3.63) is 64.1 Å². The van der Waals surface area contributed by atoms with Crippen molar-refractivity contribution in [1.82, 2.24) is 0 Å². The van der Waals surface area contributed by atoms with Gasteiger partial charge in [-0.2, -0.15) is 5.10 Å². The van der Waals surface area contributed by atoms with Gasteiger partial charge in [0, 0.05) is 4.47 Å². The summed E-state index contributed by atoms with van der Waals surface area (Å²) in [7, 11) is 0. The van der Waals surface area contributed by atoms with Gasteiger partial charge in [-0.25, -0.2) is 4.79 Å². The summed E-state index contributed by atoms with van der Waals surface area (Å²) in [6.45, 7) is 2.04. The summed E-state index contributed by atoms with van der Waals surface area (Å²) >= 11 is 3.41. The second-order valence-corrected chi connectivity index (χ2v) is 5.33. The zero-order valence-electron chi connectivity index (χ0n) is 11.5. The van der Waals surface area contributed by atoms with Crippen LogP contribution in [0.4, 0.5) is 5.69 Å². The number of benzene rings is 2. The number of nitrogens with one attached hydrogen (secondary N) is 1. The number of nitrogens with zero attached hydrogens (tertiary/aromatic N) is 1. The molecule has 0 aliphatic rings. The van der Waals surface area contributed by atoms with Crippen LogP contribution in [0.5, 0.6) is 0 Å². The molecule has 5 heteroatoms. The molecule has 108 valence electrons. The zero-order valence-corrected chi connectivity index (χ0v) is 13.1. The molecule has 0 saturated heterocycles. The molecule has 0 amide bonds. The van der Waals surface area contributed by atoms with Crippen molar-refractivity contribution >= 4 is 33.3 Å². The molecule has 0 atom stereocenters. The van der Waals surface area contributed by atoms with Gasteiger partial charge in [0.05, 0.1) is 17.0 Å². The monoisotopic (exact) mass is 346 g/mol. The van der Waals surface area contributed by atoms with Crippen LogP contribution in [-0.4, -0.2) is 16.8 Å². The maximum Gasteiger partial charge on any atom is 0.335 e. The van der Waals surface area contributed by atoms with E-state index in [2.05, 4.69) is 26.5 Å². The van der Waals surface area contributed by atoms with Crippen molar-refractivity contribution in [3.8, 4) is 0 Å². The molecule has 2 rings (SSSR count). The zero-order chi connectivity index (χ0) is 15.2. The first-order chi connectivity index (χ1) is 10.1. The van der Waals surface area contributed by atoms with Gasteiger partial charge in [0.2, 0.25) is 0 Å². The van der Waals surface area contributed by atoms with Crippen molar-refractivity contribution in [1.29, 1.82) is 0 Å². The lowest BCUT2D eigenvalue weighted by Crippen LogP contribution is -2.03. The third kappa shape index (κ3) is 4.16. The lowest BCUT2D eigenvalue weighted by Gasteiger charge is -2.06. The van der Waals surface area contributed by atoms with E-state index in [1.54, 1.807) is 24.3 Å². The Labute approximate surface area is 131 Å². The van der Waals surface area contributed by atoms with Crippen LogP contribution in [0.1, 0.15) is 29.3 Å². The van der Waals surface area contributed by atoms with E-state index >= 15 is 0 Å². The number of carbonyl (C=O) groups is 1. The molecule has 2 aromatic carbocycles. The molecule has 0 heterocycles. The number of carboxylic acid groups (broad SMARTS) is 1. The van der Waals surface area contributed by atoms with E-state index in [0.29, 0.717) is 0 Å². The number of rotatable bonds is 5. The van der Waals surface area contributed by atoms with Gasteiger partial charge < -0.3 is 5.11 Å². The van der Waals surface area contributed by atoms with Gasteiger partial charge >= 0.3 is 5.97 Å². The van der Waals surface area contributed by atoms with E-state index in [9.17, 15) is 4.79 Å². The highest BCUT2D eigenvalue weighted by atomic mass is 79.9. The Bertz CT molecular complexity index is 649. The molecule has 21 heavy (non-hydrogen) atoms. The summed E-state index contributed by atoms with van der Waals surface area (Å²) in [6.07, 6.45) is 0.793. The molecule has 0 aliphatic heterocycles. The summed E-state index contributed by atoms with van der Waals surface area (Å²) < 4.78 is 1.03. The van der Waals surface area contributed by atoms with Crippen molar-refractivity contribution in [2.75, 3.05) is 5.43 Å². The minimum Gasteiger partial charge on any atom is -0.478 e. The largest absolute Gasteiger partial charge is 0.478 e. The Hall–Kier alpha value is -2.14. The fourth-order valence-electron chi connectivity index (χ4n) is 1.81. The number of hydrazone groups is 1. The topological polar surface area (TPSA) is 61.7 Å². The average Bonchev–Trinajstić information content (AvgIpc) is 2.50. The maximum atomic E-state index is 10.8. The van der Waals surface area contributed by atoms with Crippen molar-refractivity contribution in [2.24, 2.45) is 5.10 Å². The van der Waals surface area contributed by atoms with Crippen molar-refractivity contribution in [2.45, 2.75) is 13.3 Å². The summed E-state index contributed by atoms with van der Waals surface area (Å²) in [5.41, 5.74) is 5.95. The van der Waals surface area contributed by atoms with E-state index < -0.39 is 5.97 Å². The Kier molecular flexibility index (Phi) is 5.11. The molecule has 0 unspecified atom stereocenters. The van der Waals surface area contributed by atoms with Crippen LogP contribution in [0.2, 0.25) is 0 Å². The lowest BCUT2D eigenvalue weighted by molar-refractivity contribution is 0.0697. The van der Waals surface area contributed by atoms with Crippen LogP contribution >= 0.6 is 15.9 Å². The molecular weight excluding hydrogens is 332 g/mol. The molecule has 0 aliphatic carbocycles. The van der Waals surface area contributed by atoms with Gasteiger partial charge in [-0.3, -0.25) is 5.43 Å². The van der Waals surface area contributed by atoms with Crippen molar-refractivity contribution < 1.29 is 9.90 Å². The number of carboxylic acids is 1. The van der Waals surface area contributed by atoms with E-state index in [0.717, 1.165) is 27.9 Å². The van der Waals surface area contributed by atoms with Gasteiger partial charge in [-0.15, -0.1) is 0 Å². The molecule has 0 radical (unpaired) electrons. The second-order valence-electron chi connectivity index (χ2n) is 4.41. The fraction of sp³-hybridized carbons (Fsp3) is 0.125. The molecule has 0 spiro atoms. The second kappa shape index (κ2) is 7.04. The third-order valence-electron chi connectivity index (χ3n) is 2.96. The molecular formula is C16H15BrN2O2. The number of hydrogen-bond acceptors (Lipinski definition) is 3. The smallest absolute Gasteiger partial charge is 0.335 e.